The lowest BCUT2D eigenvalue weighted by Crippen LogP contribution is -2.31. The summed E-state index contributed by atoms with van der Waals surface area (Å²) in [6, 6.07) is 5.69. The molecule has 1 atom stereocenters. The number of carboxylic acids is 1. The van der Waals surface area contributed by atoms with Gasteiger partial charge in [0.2, 0.25) is 10.0 Å². The van der Waals surface area contributed by atoms with Gasteiger partial charge in [0, 0.05) is 11.7 Å². The third-order valence-corrected chi connectivity index (χ3v) is 5.28. The Morgan fingerprint density at radius 3 is 2.24 bits per heavy atom. The van der Waals surface area contributed by atoms with E-state index < -0.39 is 22.0 Å². The highest BCUT2D eigenvalue weighted by Crippen LogP contribution is 2.34. The van der Waals surface area contributed by atoms with Crippen LogP contribution in [0.15, 0.2) is 29.2 Å². The minimum atomic E-state index is -3.46. The first-order chi connectivity index (χ1) is 9.95. The van der Waals surface area contributed by atoms with Crippen LogP contribution < -0.4 is 10.0 Å². The molecule has 3 rings (SSSR count). The predicted octanol–water partition coefficient (Wildman–Crippen LogP) is 1.40. The highest BCUT2D eigenvalue weighted by Gasteiger charge is 2.36. The third kappa shape index (κ3) is 3.54. The average molecular weight is 310 g/mol. The molecule has 2 fully saturated rings. The molecular weight excluding hydrogens is 292 g/mol. The second-order valence-corrected chi connectivity index (χ2v) is 7.43. The molecular formula is C14H18N2O4S. The molecule has 0 bridgehead atoms. The maximum absolute atomic E-state index is 12.0. The zero-order valence-corrected chi connectivity index (χ0v) is 12.3. The molecule has 1 unspecified atom stereocenters. The zero-order valence-electron chi connectivity index (χ0n) is 11.5. The summed E-state index contributed by atoms with van der Waals surface area (Å²) in [7, 11) is -3.46. The van der Waals surface area contributed by atoms with Gasteiger partial charge in [0.05, 0.1) is 4.90 Å². The fourth-order valence-electron chi connectivity index (χ4n) is 2.21. The maximum atomic E-state index is 12.0. The Labute approximate surface area is 123 Å². The number of anilines is 1. The van der Waals surface area contributed by atoms with E-state index in [0.29, 0.717) is 5.69 Å². The van der Waals surface area contributed by atoms with Gasteiger partial charge in [-0.15, -0.1) is 0 Å². The molecule has 0 heterocycles. The van der Waals surface area contributed by atoms with Crippen molar-refractivity contribution >= 4 is 21.7 Å². The summed E-state index contributed by atoms with van der Waals surface area (Å²) in [6.07, 6.45) is 3.62. The van der Waals surface area contributed by atoms with E-state index in [-0.39, 0.29) is 16.9 Å². The fraction of sp³-hybridized carbons (Fsp3) is 0.500. The number of sulfonamides is 1. The average Bonchev–Trinajstić information content (AvgIpc) is 3.30. The Bertz CT molecular complexity index is 633. The lowest BCUT2D eigenvalue weighted by molar-refractivity contribution is -0.138. The van der Waals surface area contributed by atoms with Crippen molar-refractivity contribution in [3.8, 4) is 0 Å². The van der Waals surface area contributed by atoms with Crippen LogP contribution in [0.2, 0.25) is 0 Å². The molecule has 114 valence electrons. The summed E-state index contributed by atoms with van der Waals surface area (Å²) in [5, 5.41) is 12.1. The summed E-state index contributed by atoms with van der Waals surface area (Å²) in [4.78, 5) is 11.4. The standard InChI is InChI=1S/C14H18N2O4S/c17-14(18)13(9-1-2-9)15-10-5-7-12(8-6-10)21(19,20)16-11-3-4-11/h5-9,11,13,15-16H,1-4H2,(H,17,18). The zero-order chi connectivity index (χ0) is 15.0. The van der Waals surface area contributed by atoms with Crippen molar-refractivity contribution in [2.45, 2.75) is 42.7 Å². The molecule has 2 aliphatic carbocycles. The first kappa shape index (κ1) is 14.3. The lowest BCUT2D eigenvalue weighted by atomic mass is 10.1. The van der Waals surface area contributed by atoms with Crippen LogP contribution in [0.1, 0.15) is 25.7 Å². The van der Waals surface area contributed by atoms with Crippen molar-refractivity contribution in [1.29, 1.82) is 0 Å². The minimum absolute atomic E-state index is 0.0686. The quantitative estimate of drug-likeness (QED) is 0.707. The molecule has 21 heavy (non-hydrogen) atoms. The van der Waals surface area contributed by atoms with Gasteiger partial charge in [0.15, 0.2) is 0 Å². The normalized spacial score (nSPS) is 20.0. The van der Waals surface area contributed by atoms with E-state index in [1.54, 1.807) is 12.1 Å². The smallest absolute Gasteiger partial charge is 0.326 e. The summed E-state index contributed by atoms with van der Waals surface area (Å²) < 4.78 is 26.6. The van der Waals surface area contributed by atoms with Crippen molar-refractivity contribution in [2.75, 3.05) is 5.32 Å². The second kappa shape index (κ2) is 5.31. The number of nitrogens with one attached hydrogen (secondary N) is 2. The number of hydrogen-bond donors (Lipinski definition) is 3. The molecule has 2 saturated carbocycles. The number of rotatable bonds is 7. The van der Waals surface area contributed by atoms with Crippen molar-refractivity contribution in [1.82, 2.24) is 4.72 Å². The van der Waals surface area contributed by atoms with Gasteiger partial charge in [-0.2, -0.15) is 0 Å². The highest BCUT2D eigenvalue weighted by molar-refractivity contribution is 7.89. The van der Waals surface area contributed by atoms with Crippen LogP contribution in [-0.2, 0) is 14.8 Å². The predicted molar refractivity (Wildman–Crippen MR) is 77.6 cm³/mol. The van der Waals surface area contributed by atoms with Gasteiger partial charge in [0.25, 0.3) is 0 Å². The van der Waals surface area contributed by atoms with Crippen molar-refractivity contribution < 1.29 is 18.3 Å². The monoisotopic (exact) mass is 310 g/mol. The Morgan fingerprint density at radius 2 is 1.76 bits per heavy atom. The van der Waals surface area contributed by atoms with Gasteiger partial charge in [-0.25, -0.2) is 17.9 Å². The minimum Gasteiger partial charge on any atom is -0.480 e. The van der Waals surface area contributed by atoms with Crippen LogP contribution in [0, 0.1) is 5.92 Å². The Kier molecular flexibility index (Phi) is 3.62. The number of aliphatic carboxylic acids is 1. The molecule has 0 aliphatic heterocycles. The van der Waals surface area contributed by atoms with Crippen LogP contribution in [0.4, 0.5) is 5.69 Å². The van der Waals surface area contributed by atoms with Gasteiger partial charge < -0.3 is 10.4 Å². The second-order valence-electron chi connectivity index (χ2n) is 5.72. The van der Waals surface area contributed by atoms with E-state index in [2.05, 4.69) is 10.0 Å². The Morgan fingerprint density at radius 1 is 1.14 bits per heavy atom. The molecule has 2 aliphatic rings. The van der Waals surface area contributed by atoms with Gasteiger partial charge in [-0.3, -0.25) is 0 Å². The topological polar surface area (TPSA) is 95.5 Å². The molecule has 1 aromatic rings. The summed E-state index contributed by atoms with van der Waals surface area (Å²) in [5.41, 5.74) is 0.625. The van der Waals surface area contributed by atoms with Gasteiger partial charge in [0.1, 0.15) is 6.04 Å². The number of benzene rings is 1. The maximum Gasteiger partial charge on any atom is 0.326 e. The summed E-state index contributed by atoms with van der Waals surface area (Å²) in [6.45, 7) is 0. The first-order valence-corrected chi connectivity index (χ1v) is 8.56. The van der Waals surface area contributed by atoms with Crippen LogP contribution in [0.3, 0.4) is 0 Å². The molecule has 3 N–H and O–H groups in total. The number of hydrogen-bond acceptors (Lipinski definition) is 4. The van der Waals surface area contributed by atoms with Crippen molar-refractivity contribution in [3.05, 3.63) is 24.3 Å². The van der Waals surface area contributed by atoms with Crippen molar-refractivity contribution in [2.24, 2.45) is 5.92 Å². The van der Waals surface area contributed by atoms with E-state index in [1.165, 1.54) is 12.1 Å². The first-order valence-electron chi connectivity index (χ1n) is 7.07. The SMILES string of the molecule is O=C(O)C(Nc1ccc(S(=O)(=O)NC2CC2)cc1)C1CC1. The van der Waals surface area contributed by atoms with Gasteiger partial charge >= 0.3 is 5.97 Å². The molecule has 0 spiro atoms. The van der Waals surface area contributed by atoms with Crippen LogP contribution in [-0.4, -0.2) is 31.6 Å². The van der Waals surface area contributed by atoms with Crippen LogP contribution in [0.5, 0.6) is 0 Å². The van der Waals surface area contributed by atoms with E-state index in [9.17, 15) is 13.2 Å². The largest absolute Gasteiger partial charge is 0.480 e. The molecule has 0 radical (unpaired) electrons. The Hall–Kier alpha value is -1.60. The lowest BCUT2D eigenvalue weighted by Gasteiger charge is -2.15. The van der Waals surface area contributed by atoms with E-state index in [0.717, 1.165) is 25.7 Å². The van der Waals surface area contributed by atoms with Crippen molar-refractivity contribution in [3.63, 3.8) is 0 Å². The van der Waals surface area contributed by atoms with E-state index >= 15 is 0 Å². The number of carboxylic acid groups (broad SMARTS) is 1. The molecule has 0 amide bonds. The van der Waals surface area contributed by atoms with Crippen LogP contribution in [0.25, 0.3) is 0 Å². The molecule has 1 aromatic carbocycles. The third-order valence-electron chi connectivity index (χ3n) is 3.75. The van der Waals surface area contributed by atoms with Gasteiger partial charge in [-0.05, 0) is 55.9 Å². The highest BCUT2D eigenvalue weighted by atomic mass is 32.2. The molecule has 6 nitrogen and oxygen atoms in total. The molecule has 7 heteroatoms. The van der Waals surface area contributed by atoms with Gasteiger partial charge in [-0.1, -0.05) is 0 Å². The number of carbonyl (C=O) groups is 1. The Balaban J connectivity index is 1.69. The van der Waals surface area contributed by atoms with E-state index in [1.807, 2.05) is 0 Å². The fourth-order valence-corrected chi connectivity index (χ4v) is 3.51. The summed E-state index contributed by atoms with van der Waals surface area (Å²) >= 11 is 0. The van der Waals surface area contributed by atoms with Crippen LogP contribution >= 0.6 is 0 Å². The molecule has 0 saturated heterocycles. The van der Waals surface area contributed by atoms with E-state index in [4.69, 9.17) is 5.11 Å². The molecule has 0 aromatic heterocycles. The summed E-state index contributed by atoms with van der Waals surface area (Å²) in [5.74, 6) is -0.702.